The maximum Gasteiger partial charge on any atom is 0.301 e. The number of hydrogen-bond donors (Lipinski definition) is 1. The van der Waals surface area contributed by atoms with Gasteiger partial charge in [0.1, 0.15) is 23.4 Å². The summed E-state index contributed by atoms with van der Waals surface area (Å²) in [4.78, 5) is 33.2. The maximum atomic E-state index is 13.5. The second-order valence-corrected chi connectivity index (χ2v) is 10.6. The van der Waals surface area contributed by atoms with Crippen LogP contribution in [0.5, 0.6) is 11.5 Å². The highest BCUT2D eigenvalue weighted by molar-refractivity contribution is 7.22. The van der Waals surface area contributed by atoms with Crippen LogP contribution in [0, 0.1) is 6.92 Å². The summed E-state index contributed by atoms with van der Waals surface area (Å²) in [6.45, 7) is 6.40. The lowest BCUT2D eigenvalue weighted by atomic mass is 9.94. The van der Waals surface area contributed by atoms with E-state index in [1.165, 1.54) is 16.2 Å². The Morgan fingerprint density at radius 1 is 1.13 bits per heavy atom. The first-order valence-electron chi connectivity index (χ1n) is 12.5. The van der Waals surface area contributed by atoms with E-state index >= 15 is 0 Å². The lowest BCUT2D eigenvalue weighted by molar-refractivity contribution is -0.132. The van der Waals surface area contributed by atoms with Gasteiger partial charge in [0.25, 0.3) is 5.78 Å². The number of anilines is 1. The molecule has 0 saturated carbocycles. The summed E-state index contributed by atoms with van der Waals surface area (Å²) in [5, 5.41) is 11.9. The van der Waals surface area contributed by atoms with Gasteiger partial charge in [0, 0.05) is 12.0 Å². The quantitative estimate of drug-likeness (QED) is 0.196. The third kappa shape index (κ3) is 4.01. The summed E-state index contributed by atoms with van der Waals surface area (Å²) < 4.78 is 12.3. The molecule has 1 amide bonds. The summed E-state index contributed by atoms with van der Waals surface area (Å²) in [5.41, 5.74) is 3.94. The minimum absolute atomic E-state index is 0.0292. The van der Waals surface area contributed by atoms with Gasteiger partial charge in [-0.15, -0.1) is 0 Å². The number of aliphatic hydroxyl groups excluding tert-OH is 1. The van der Waals surface area contributed by atoms with Crippen LogP contribution in [0.4, 0.5) is 5.13 Å². The summed E-state index contributed by atoms with van der Waals surface area (Å²) in [6.07, 6.45) is 0.748. The van der Waals surface area contributed by atoms with Crippen molar-refractivity contribution in [3.05, 3.63) is 88.5 Å². The SMILES string of the molecule is CCOc1ccc(C2/C(=C(\O)c3ccc4c(c3)CC(C)O4)C(=O)C(=O)N2c2nc3ccc(C)cc3s2)cc1. The molecule has 2 aliphatic rings. The molecule has 38 heavy (non-hydrogen) atoms. The number of hydrogen-bond acceptors (Lipinski definition) is 7. The zero-order valence-corrected chi connectivity index (χ0v) is 22.0. The van der Waals surface area contributed by atoms with Crippen molar-refractivity contribution in [1.29, 1.82) is 0 Å². The Morgan fingerprint density at radius 3 is 2.68 bits per heavy atom. The van der Waals surface area contributed by atoms with E-state index in [0.29, 0.717) is 35.0 Å². The number of amides is 1. The summed E-state index contributed by atoms with van der Waals surface area (Å²) in [5.74, 6) is -0.246. The first-order valence-corrected chi connectivity index (χ1v) is 13.4. The van der Waals surface area contributed by atoms with E-state index in [-0.39, 0.29) is 17.4 Å². The summed E-state index contributed by atoms with van der Waals surface area (Å²) >= 11 is 1.35. The number of carbonyl (C=O) groups excluding carboxylic acids is 2. The number of ether oxygens (including phenoxy) is 2. The number of aliphatic hydroxyl groups is 1. The van der Waals surface area contributed by atoms with Gasteiger partial charge in [-0.2, -0.15) is 0 Å². The minimum Gasteiger partial charge on any atom is -0.507 e. The molecule has 2 aliphatic heterocycles. The van der Waals surface area contributed by atoms with Crippen LogP contribution < -0.4 is 14.4 Å². The van der Waals surface area contributed by atoms with Gasteiger partial charge in [0.05, 0.1) is 28.4 Å². The summed E-state index contributed by atoms with van der Waals surface area (Å²) in [6, 6.07) is 17.6. The number of carbonyl (C=O) groups is 2. The molecule has 7 nitrogen and oxygen atoms in total. The molecule has 0 aliphatic carbocycles. The molecule has 0 bridgehead atoms. The molecule has 2 unspecified atom stereocenters. The molecule has 3 aromatic carbocycles. The highest BCUT2D eigenvalue weighted by atomic mass is 32.1. The van der Waals surface area contributed by atoms with Gasteiger partial charge >= 0.3 is 5.91 Å². The fraction of sp³-hybridized carbons (Fsp3) is 0.233. The summed E-state index contributed by atoms with van der Waals surface area (Å²) in [7, 11) is 0. The molecular weight excluding hydrogens is 500 g/mol. The zero-order valence-electron chi connectivity index (χ0n) is 21.2. The Kier molecular flexibility index (Phi) is 5.91. The zero-order chi connectivity index (χ0) is 26.6. The first-order chi connectivity index (χ1) is 18.3. The van der Waals surface area contributed by atoms with E-state index in [9.17, 15) is 14.7 Å². The maximum absolute atomic E-state index is 13.5. The van der Waals surface area contributed by atoms with Crippen LogP contribution in [0.15, 0.2) is 66.2 Å². The van der Waals surface area contributed by atoms with Gasteiger partial charge in [-0.1, -0.05) is 29.5 Å². The number of aryl methyl sites for hydroxylation is 1. The van der Waals surface area contributed by atoms with Crippen molar-refractivity contribution >= 4 is 44.1 Å². The standard InChI is InChI=1S/C30H26N2O5S/c1-4-36-21-9-6-18(7-10-21)26-25(27(33)19-8-12-23-20(15-19)14-17(3)37-23)28(34)29(35)32(26)30-31-22-11-5-16(2)13-24(22)38-30/h5-13,15,17,26,33H,4,14H2,1-3H3/b27-25+. The van der Waals surface area contributed by atoms with Crippen LogP contribution in [0.3, 0.4) is 0 Å². The molecule has 1 aromatic heterocycles. The predicted molar refractivity (Wildman–Crippen MR) is 147 cm³/mol. The Balaban J connectivity index is 1.51. The molecule has 1 N–H and O–H groups in total. The average Bonchev–Trinajstić information content (AvgIpc) is 3.56. The minimum atomic E-state index is -0.851. The highest BCUT2D eigenvalue weighted by Crippen LogP contribution is 2.45. The molecular formula is C30H26N2O5S. The average molecular weight is 527 g/mol. The molecule has 192 valence electrons. The number of nitrogens with zero attached hydrogens (tertiary/aromatic N) is 2. The molecule has 3 heterocycles. The van der Waals surface area contributed by atoms with Crippen LogP contribution in [0.25, 0.3) is 16.0 Å². The van der Waals surface area contributed by atoms with E-state index < -0.39 is 17.7 Å². The largest absolute Gasteiger partial charge is 0.507 e. The number of thiazole rings is 1. The van der Waals surface area contributed by atoms with Gasteiger partial charge in [-0.3, -0.25) is 14.5 Å². The lowest BCUT2D eigenvalue weighted by Crippen LogP contribution is -2.29. The molecule has 8 heteroatoms. The van der Waals surface area contributed by atoms with E-state index in [0.717, 1.165) is 27.1 Å². The molecule has 6 rings (SSSR count). The van der Waals surface area contributed by atoms with E-state index in [4.69, 9.17) is 14.5 Å². The van der Waals surface area contributed by atoms with Crippen molar-refractivity contribution in [2.24, 2.45) is 0 Å². The number of aromatic nitrogens is 1. The van der Waals surface area contributed by atoms with Crippen LogP contribution in [0.1, 0.15) is 42.1 Å². The highest BCUT2D eigenvalue weighted by Gasteiger charge is 2.48. The third-order valence-corrected chi connectivity index (χ3v) is 7.88. The van der Waals surface area contributed by atoms with Crippen molar-refractivity contribution in [3.8, 4) is 11.5 Å². The fourth-order valence-corrected chi connectivity index (χ4v) is 6.20. The topological polar surface area (TPSA) is 89.0 Å². The van der Waals surface area contributed by atoms with Gasteiger partial charge in [-0.25, -0.2) is 4.98 Å². The van der Waals surface area contributed by atoms with Crippen LogP contribution >= 0.6 is 11.3 Å². The van der Waals surface area contributed by atoms with Crippen LogP contribution in [-0.2, 0) is 16.0 Å². The van der Waals surface area contributed by atoms with Crippen molar-refractivity contribution < 1.29 is 24.2 Å². The molecule has 1 fully saturated rings. The normalized spacial score (nSPS) is 20.1. The van der Waals surface area contributed by atoms with Crippen molar-refractivity contribution in [3.63, 3.8) is 0 Å². The number of Topliss-reactive ketones (excluding diaryl/α,β-unsaturated/α-hetero) is 1. The van der Waals surface area contributed by atoms with Crippen molar-refractivity contribution in [2.75, 3.05) is 11.5 Å². The van der Waals surface area contributed by atoms with E-state index in [1.807, 2.05) is 57.2 Å². The predicted octanol–water partition coefficient (Wildman–Crippen LogP) is 5.95. The van der Waals surface area contributed by atoms with Crippen molar-refractivity contribution in [1.82, 2.24) is 4.98 Å². The van der Waals surface area contributed by atoms with Gasteiger partial charge in [0.15, 0.2) is 5.13 Å². The lowest BCUT2D eigenvalue weighted by Gasteiger charge is -2.23. The number of fused-ring (bicyclic) bond motifs is 2. The van der Waals surface area contributed by atoms with Gasteiger partial charge < -0.3 is 14.6 Å². The molecule has 1 saturated heterocycles. The number of ketones is 1. The Morgan fingerprint density at radius 2 is 1.92 bits per heavy atom. The van der Waals surface area contributed by atoms with Gasteiger partial charge in [-0.05, 0) is 79.9 Å². The van der Waals surface area contributed by atoms with Crippen LogP contribution in [-0.4, -0.2) is 34.5 Å². The molecule has 2 atom stereocenters. The second kappa shape index (κ2) is 9.29. The number of rotatable bonds is 5. The molecule has 4 aromatic rings. The monoisotopic (exact) mass is 526 g/mol. The van der Waals surface area contributed by atoms with E-state index in [2.05, 4.69) is 0 Å². The van der Waals surface area contributed by atoms with E-state index in [1.54, 1.807) is 24.3 Å². The van der Waals surface area contributed by atoms with Gasteiger partial charge in [0.2, 0.25) is 0 Å². The fourth-order valence-electron chi connectivity index (χ4n) is 5.11. The molecule has 0 radical (unpaired) electrons. The Labute approximate surface area is 224 Å². The Bertz CT molecular complexity index is 1620. The van der Waals surface area contributed by atoms with Crippen LogP contribution in [0.2, 0.25) is 0 Å². The number of benzene rings is 3. The van der Waals surface area contributed by atoms with Crippen molar-refractivity contribution in [2.45, 2.75) is 39.3 Å². The first kappa shape index (κ1) is 24.2. The smallest absolute Gasteiger partial charge is 0.301 e. The molecule has 0 spiro atoms. The third-order valence-electron chi connectivity index (χ3n) is 6.86. The second-order valence-electron chi connectivity index (χ2n) is 9.59. The Hall–Kier alpha value is -4.17.